The number of amides is 1. The molecule has 3 nitrogen and oxygen atoms in total. The van der Waals surface area contributed by atoms with Crippen molar-refractivity contribution in [3.8, 4) is 0 Å². The highest BCUT2D eigenvalue weighted by Crippen LogP contribution is 2.28. The number of benzene rings is 2. The molecule has 0 atom stereocenters. The van der Waals surface area contributed by atoms with E-state index in [0.29, 0.717) is 5.56 Å². The van der Waals surface area contributed by atoms with Crippen LogP contribution < -0.4 is 11.1 Å². The van der Waals surface area contributed by atoms with Crippen molar-refractivity contribution in [2.75, 3.05) is 12.8 Å². The minimum Gasteiger partial charge on any atom is -0.399 e. The zero-order valence-corrected chi connectivity index (χ0v) is 10.8. The molecule has 2 rings (SSSR count). The molecule has 0 heterocycles. The second-order valence-electron chi connectivity index (χ2n) is 3.78. The average molecular weight is 258 g/mol. The highest BCUT2D eigenvalue weighted by atomic mass is 32.2. The normalized spacial score (nSPS) is 10.1. The van der Waals surface area contributed by atoms with Crippen LogP contribution in [0.15, 0.2) is 58.3 Å². The number of nitrogens with two attached hydrogens (primary N) is 1. The molecule has 2 aromatic rings. The summed E-state index contributed by atoms with van der Waals surface area (Å²) in [5.74, 6) is -0.0743. The van der Waals surface area contributed by atoms with E-state index in [1.54, 1.807) is 24.9 Å². The number of nitrogen functional groups attached to an aromatic ring is 1. The zero-order valence-electron chi connectivity index (χ0n) is 10.0. The Morgan fingerprint density at radius 3 is 2.50 bits per heavy atom. The van der Waals surface area contributed by atoms with E-state index in [4.69, 9.17) is 5.73 Å². The Morgan fingerprint density at radius 2 is 1.83 bits per heavy atom. The van der Waals surface area contributed by atoms with Crippen LogP contribution in [-0.4, -0.2) is 13.0 Å². The molecule has 0 aromatic heterocycles. The van der Waals surface area contributed by atoms with Gasteiger partial charge in [0.05, 0.1) is 0 Å². The molecule has 18 heavy (non-hydrogen) atoms. The molecule has 0 unspecified atom stereocenters. The predicted molar refractivity (Wildman–Crippen MR) is 74.8 cm³/mol. The lowest BCUT2D eigenvalue weighted by Crippen LogP contribution is -2.17. The van der Waals surface area contributed by atoms with Crippen LogP contribution in [0, 0.1) is 0 Å². The summed E-state index contributed by atoms with van der Waals surface area (Å²) >= 11 is 1.60. The monoisotopic (exact) mass is 258 g/mol. The summed E-state index contributed by atoms with van der Waals surface area (Å²) in [5.41, 5.74) is 7.05. The fraction of sp³-hybridized carbons (Fsp3) is 0.0714. The van der Waals surface area contributed by atoms with Gasteiger partial charge in [0.1, 0.15) is 0 Å². The van der Waals surface area contributed by atoms with Gasteiger partial charge in [-0.05, 0) is 42.5 Å². The Kier molecular flexibility index (Phi) is 3.89. The number of hydrogen-bond acceptors (Lipinski definition) is 3. The van der Waals surface area contributed by atoms with E-state index < -0.39 is 0 Å². The Bertz CT molecular complexity index is 552. The minimum absolute atomic E-state index is 0.0743. The lowest BCUT2D eigenvalue weighted by atomic mass is 10.2. The molecular weight excluding hydrogens is 244 g/mol. The SMILES string of the molecule is CNC(=O)c1cccc(Sc2ccc(N)cc2)c1. The smallest absolute Gasteiger partial charge is 0.251 e. The topological polar surface area (TPSA) is 55.1 Å². The van der Waals surface area contributed by atoms with Crippen LogP contribution in [0.2, 0.25) is 0 Å². The van der Waals surface area contributed by atoms with Gasteiger partial charge in [-0.25, -0.2) is 0 Å². The summed E-state index contributed by atoms with van der Waals surface area (Å²) in [6.07, 6.45) is 0. The van der Waals surface area contributed by atoms with Gasteiger partial charge in [0.2, 0.25) is 0 Å². The van der Waals surface area contributed by atoms with Gasteiger partial charge in [-0.15, -0.1) is 0 Å². The van der Waals surface area contributed by atoms with Crippen molar-refractivity contribution < 1.29 is 4.79 Å². The molecule has 4 heteroatoms. The average Bonchev–Trinajstić information content (AvgIpc) is 2.41. The highest BCUT2D eigenvalue weighted by molar-refractivity contribution is 7.99. The van der Waals surface area contributed by atoms with Crippen molar-refractivity contribution >= 4 is 23.4 Å². The van der Waals surface area contributed by atoms with Gasteiger partial charge in [0, 0.05) is 28.1 Å². The number of hydrogen-bond donors (Lipinski definition) is 2. The minimum atomic E-state index is -0.0743. The van der Waals surface area contributed by atoms with E-state index >= 15 is 0 Å². The van der Waals surface area contributed by atoms with Gasteiger partial charge in [0.25, 0.3) is 5.91 Å². The molecule has 0 saturated carbocycles. The van der Waals surface area contributed by atoms with Crippen LogP contribution in [0.1, 0.15) is 10.4 Å². The first kappa shape index (κ1) is 12.5. The first-order valence-corrected chi connectivity index (χ1v) is 6.36. The summed E-state index contributed by atoms with van der Waals surface area (Å²) in [4.78, 5) is 13.7. The first-order valence-electron chi connectivity index (χ1n) is 5.54. The van der Waals surface area contributed by atoms with Gasteiger partial charge in [-0.1, -0.05) is 17.8 Å². The van der Waals surface area contributed by atoms with Crippen molar-refractivity contribution in [1.29, 1.82) is 0 Å². The van der Waals surface area contributed by atoms with Crippen molar-refractivity contribution in [3.63, 3.8) is 0 Å². The molecule has 0 spiro atoms. The Balaban J connectivity index is 2.19. The molecule has 2 aromatic carbocycles. The molecule has 0 saturated heterocycles. The number of carbonyl (C=O) groups excluding carboxylic acids is 1. The van der Waals surface area contributed by atoms with Gasteiger partial charge < -0.3 is 11.1 Å². The standard InChI is InChI=1S/C14H14N2OS/c1-16-14(17)10-3-2-4-13(9-10)18-12-7-5-11(15)6-8-12/h2-9H,15H2,1H3,(H,16,17). The number of anilines is 1. The quantitative estimate of drug-likeness (QED) is 0.832. The maximum Gasteiger partial charge on any atom is 0.251 e. The van der Waals surface area contributed by atoms with Crippen LogP contribution in [0.25, 0.3) is 0 Å². The molecular formula is C14H14N2OS. The largest absolute Gasteiger partial charge is 0.399 e. The Morgan fingerprint density at radius 1 is 1.11 bits per heavy atom. The lowest BCUT2D eigenvalue weighted by Gasteiger charge is -2.04. The molecule has 0 fully saturated rings. The number of rotatable bonds is 3. The summed E-state index contributed by atoms with van der Waals surface area (Å²) in [5, 5.41) is 2.62. The lowest BCUT2D eigenvalue weighted by molar-refractivity contribution is 0.0963. The Hall–Kier alpha value is -1.94. The van der Waals surface area contributed by atoms with Crippen LogP contribution in [0.5, 0.6) is 0 Å². The second-order valence-corrected chi connectivity index (χ2v) is 4.92. The third-order valence-corrected chi connectivity index (χ3v) is 3.44. The van der Waals surface area contributed by atoms with E-state index in [-0.39, 0.29) is 5.91 Å². The van der Waals surface area contributed by atoms with Gasteiger partial charge in [-0.3, -0.25) is 4.79 Å². The number of nitrogens with one attached hydrogen (secondary N) is 1. The van der Waals surface area contributed by atoms with Gasteiger partial charge in [0.15, 0.2) is 0 Å². The molecule has 0 aliphatic carbocycles. The summed E-state index contributed by atoms with van der Waals surface area (Å²) in [7, 11) is 1.63. The van der Waals surface area contributed by atoms with E-state index in [2.05, 4.69) is 5.32 Å². The maximum absolute atomic E-state index is 11.5. The van der Waals surface area contributed by atoms with Crippen molar-refractivity contribution in [3.05, 3.63) is 54.1 Å². The molecule has 92 valence electrons. The molecule has 0 radical (unpaired) electrons. The van der Waals surface area contributed by atoms with Crippen molar-refractivity contribution in [2.24, 2.45) is 0 Å². The molecule has 0 bridgehead atoms. The van der Waals surface area contributed by atoms with Gasteiger partial charge in [-0.2, -0.15) is 0 Å². The third kappa shape index (κ3) is 3.05. The first-order chi connectivity index (χ1) is 8.69. The Labute approximate surface area is 110 Å². The van der Waals surface area contributed by atoms with E-state index in [0.717, 1.165) is 15.5 Å². The van der Waals surface area contributed by atoms with Gasteiger partial charge >= 0.3 is 0 Å². The third-order valence-electron chi connectivity index (χ3n) is 2.44. The highest BCUT2D eigenvalue weighted by Gasteiger charge is 2.04. The van der Waals surface area contributed by atoms with E-state index in [9.17, 15) is 4.79 Å². The van der Waals surface area contributed by atoms with Crippen molar-refractivity contribution in [1.82, 2.24) is 5.32 Å². The summed E-state index contributed by atoms with van der Waals surface area (Å²) in [6, 6.07) is 15.2. The fourth-order valence-corrected chi connectivity index (χ4v) is 2.39. The molecule has 3 N–H and O–H groups in total. The summed E-state index contributed by atoms with van der Waals surface area (Å²) < 4.78 is 0. The fourth-order valence-electron chi connectivity index (χ4n) is 1.52. The zero-order chi connectivity index (χ0) is 13.0. The van der Waals surface area contributed by atoms with E-state index in [1.165, 1.54) is 0 Å². The molecule has 1 amide bonds. The van der Waals surface area contributed by atoms with Crippen LogP contribution in [-0.2, 0) is 0 Å². The molecule has 0 aliphatic rings. The van der Waals surface area contributed by atoms with Crippen LogP contribution in [0.3, 0.4) is 0 Å². The predicted octanol–water partition coefficient (Wildman–Crippen LogP) is 2.78. The van der Waals surface area contributed by atoms with E-state index in [1.807, 2.05) is 42.5 Å². The molecule has 0 aliphatic heterocycles. The van der Waals surface area contributed by atoms with Crippen LogP contribution in [0.4, 0.5) is 5.69 Å². The maximum atomic E-state index is 11.5. The second kappa shape index (κ2) is 5.60. The van der Waals surface area contributed by atoms with Crippen LogP contribution >= 0.6 is 11.8 Å². The summed E-state index contributed by atoms with van der Waals surface area (Å²) in [6.45, 7) is 0. The number of carbonyl (C=O) groups is 1. The van der Waals surface area contributed by atoms with Crippen molar-refractivity contribution in [2.45, 2.75) is 9.79 Å².